The number of rotatable bonds is 4. The van der Waals surface area contributed by atoms with Crippen molar-refractivity contribution in [3.63, 3.8) is 0 Å². The minimum Gasteiger partial charge on any atom is -0.456 e. The molecule has 0 saturated heterocycles. The minimum atomic E-state index is -0.0747. The van der Waals surface area contributed by atoms with Gasteiger partial charge in [0.15, 0.2) is 0 Å². The van der Waals surface area contributed by atoms with Gasteiger partial charge in [0.05, 0.1) is 0 Å². The second-order valence-corrected chi connectivity index (χ2v) is 13.7. The van der Waals surface area contributed by atoms with E-state index >= 15 is 0 Å². The van der Waals surface area contributed by atoms with Crippen molar-refractivity contribution in [2.24, 2.45) is 0 Å². The Labute approximate surface area is 285 Å². The smallest absolute Gasteiger partial charge is 0.136 e. The molecule has 232 valence electrons. The Balaban J connectivity index is 1.14. The molecular formula is C47H33NO. The van der Waals surface area contributed by atoms with E-state index in [-0.39, 0.29) is 5.41 Å². The van der Waals surface area contributed by atoms with E-state index in [0.29, 0.717) is 0 Å². The maximum absolute atomic E-state index is 6.52. The number of nitrogens with zero attached hydrogens (tertiary/aromatic N) is 1. The van der Waals surface area contributed by atoms with Crippen molar-refractivity contribution in [3.05, 3.63) is 175 Å². The van der Waals surface area contributed by atoms with Crippen LogP contribution in [0, 0.1) is 0 Å². The Morgan fingerprint density at radius 1 is 0.429 bits per heavy atom. The van der Waals surface area contributed by atoms with Crippen molar-refractivity contribution in [3.8, 4) is 22.3 Å². The maximum atomic E-state index is 6.52. The zero-order valence-corrected chi connectivity index (χ0v) is 27.4. The van der Waals surface area contributed by atoms with E-state index in [1.165, 1.54) is 54.7 Å². The van der Waals surface area contributed by atoms with Crippen LogP contribution < -0.4 is 4.90 Å². The lowest BCUT2D eigenvalue weighted by molar-refractivity contribution is 0.660. The average molecular weight is 628 g/mol. The van der Waals surface area contributed by atoms with Gasteiger partial charge in [0.2, 0.25) is 0 Å². The Kier molecular flexibility index (Phi) is 5.95. The summed E-state index contributed by atoms with van der Waals surface area (Å²) >= 11 is 0. The molecule has 0 spiro atoms. The van der Waals surface area contributed by atoms with E-state index in [9.17, 15) is 0 Å². The lowest BCUT2D eigenvalue weighted by atomic mass is 9.82. The summed E-state index contributed by atoms with van der Waals surface area (Å²) in [5.41, 5.74) is 12.9. The predicted molar refractivity (Wildman–Crippen MR) is 206 cm³/mol. The molecule has 0 fully saturated rings. The van der Waals surface area contributed by atoms with Gasteiger partial charge in [-0.15, -0.1) is 0 Å². The van der Waals surface area contributed by atoms with Gasteiger partial charge in [-0.25, -0.2) is 0 Å². The molecule has 8 aromatic carbocycles. The third kappa shape index (κ3) is 4.14. The molecule has 10 rings (SSSR count). The third-order valence-corrected chi connectivity index (χ3v) is 10.6. The summed E-state index contributed by atoms with van der Waals surface area (Å²) in [5, 5.41) is 7.28. The van der Waals surface area contributed by atoms with Gasteiger partial charge in [0.25, 0.3) is 0 Å². The Hall–Kier alpha value is -6.12. The first-order chi connectivity index (χ1) is 24.1. The van der Waals surface area contributed by atoms with Crippen molar-refractivity contribution in [1.29, 1.82) is 0 Å². The number of hydrogen-bond acceptors (Lipinski definition) is 2. The molecule has 1 aliphatic carbocycles. The first-order valence-corrected chi connectivity index (χ1v) is 17.0. The van der Waals surface area contributed by atoms with Crippen LogP contribution in [-0.4, -0.2) is 0 Å². The molecule has 2 heteroatoms. The van der Waals surface area contributed by atoms with E-state index in [1.54, 1.807) is 0 Å². The predicted octanol–water partition coefficient (Wildman–Crippen LogP) is 13.3. The molecule has 0 aliphatic heterocycles. The van der Waals surface area contributed by atoms with Crippen molar-refractivity contribution in [2.45, 2.75) is 19.3 Å². The highest BCUT2D eigenvalue weighted by molar-refractivity contribution is 6.29. The molecule has 1 aromatic heterocycles. The Morgan fingerprint density at radius 3 is 1.96 bits per heavy atom. The molecule has 1 heterocycles. The highest BCUT2D eigenvalue weighted by Gasteiger charge is 2.35. The third-order valence-electron chi connectivity index (χ3n) is 10.6. The molecule has 0 radical (unpaired) electrons. The number of fused-ring (bicyclic) bond motifs is 10. The second-order valence-electron chi connectivity index (χ2n) is 13.7. The Morgan fingerprint density at radius 2 is 1.10 bits per heavy atom. The number of hydrogen-bond donors (Lipinski definition) is 0. The molecule has 0 amide bonds. The van der Waals surface area contributed by atoms with Crippen LogP contribution in [0.1, 0.15) is 25.0 Å². The normalized spacial score (nSPS) is 13.3. The van der Waals surface area contributed by atoms with Gasteiger partial charge in [-0.3, -0.25) is 0 Å². The molecule has 0 bridgehead atoms. The number of benzene rings is 8. The Bertz CT molecular complexity index is 2730. The molecule has 2 nitrogen and oxygen atoms in total. The highest BCUT2D eigenvalue weighted by atomic mass is 16.3. The van der Waals surface area contributed by atoms with Gasteiger partial charge in [-0.2, -0.15) is 0 Å². The van der Waals surface area contributed by atoms with Crippen molar-refractivity contribution in [2.75, 3.05) is 4.90 Å². The minimum absolute atomic E-state index is 0.0747. The van der Waals surface area contributed by atoms with E-state index < -0.39 is 0 Å². The summed E-state index contributed by atoms with van der Waals surface area (Å²) in [6.45, 7) is 4.69. The van der Waals surface area contributed by atoms with Crippen molar-refractivity contribution < 1.29 is 4.42 Å². The summed E-state index contributed by atoms with van der Waals surface area (Å²) in [5.74, 6) is 0. The van der Waals surface area contributed by atoms with Crippen LogP contribution in [0.15, 0.2) is 168 Å². The van der Waals surface area contributed by atoms with Gasteiger partial charge < -0.3 is 9.32 Å². The summed E-state index contributed by atoms with van der Waals surface area (Å²) in [7, 11) is 0. The molecule has 49 heavy (non-hydrogen) atoms. The van der Waals surface area contributed by atoms with Gasteiger partial charge in [-0.05, 0) is 98.1 Å². The van der Waals surface area contributed by atoms with Crippen LogP contribution in [0.25, 0.3) is 65.7 Å². The lowest BCUT2D eigenvalue weighted by Gasteiger charge is -2.28. The zero-order valence-electron chi connectivity index (χ0n) is 27.4. The lowest BCUT2D eigenvalue weighted by Crippen LogP contribution is -2.16. The maximum Gasteiger partial charge on any atom is 0.136 e. The molecule has 0 N–H and O–H groups in total. The monoisotopic (exact) mass is 627 g/mol. The van der Waals surface area contributed by atoms with Crippen LogP contribution in [0.3, 0.4) is 0 Å². The summed E-state index contributed by atoms with van der Waals surface area (Å²) in [6, 6.07) is 59.3. The largest absolute Gasteiger partial charge is 0.456 e. The summed E-state index contributed by atoms with van der Waals surface area (Å²) < 4.78 is 6.52. The molecule has 9 aromatic rings. The van der Waals surface area contributed by atoms with Crippen molar-refractivity contribution >= 4 is 60.5 Å². The highest BCUT2D eigenvalue weighted by Crippen LogP contribution is 2.51. The van der Waals surface area contributed by atoms with Crippen LogP contribution in [-0.2, 0) is 5.41 Å². The number of para-hydroxylation sites is 2. The quantitative estimate of drug-likeness (QED) is 0.181. The fraction of sp³-hybridized carbons (Fsp3) is 0.0638. The summed E-state index contributed by atoms with van der Waals surface area (Å²) in [4.78, 5) is 2.37. The van der Waals surface area contributed by atoms with Gasteiger partial charge in [0, 0.05) is 38.6 Å². The first kappa shape index (κ1) is 27.9. The van der Waals surface area contributed by atoms with E-state index in [0.717, 1.165) is 39.2 Å². The van der Waals surface area contributed by atoms with Crippen LogP contribution in [0.4, 0.5) is 17.1 Å². The van der Waals surface area contributed by atoms with Gasteiger partial charge >= 0.3 is 0 Å². The fourth-order valence-corrected chi connectivity index (χ4v) is 8.28. The molecular weight excluding hydrogens is 595 g/mol. The van der Waals surface area contributed by atoms with Gasteiger partial charge in [-0.1, -0.05) is 129 Å². The topological polar surface area (TPSA) is 16.4 Å². The molecule has 0 atom stereocenters. The first-order valence-electron chi connectivity index (χ1n) is 17.0. The van der Waals surface area contributed by atoms with Crippen molar-refractivity contribution in [1.82, 2.24) is 0 Å². The second kappa shape index (κ2) is 10.4. The van der Waals surface area contributed by atoms with Crippen LogP contribution >= 0.6 is 0 Å². The average Bonchev–Trinajstić information content (AvgIpc) is 3.64. The summed E-state index contributed by atoms with van der Waals surface area (Å²) in [6.07, 6.45) is 0. The van der Waals surface area contributed by atoms with Crippen LogP contribution in [0.2, 0.25) is 0 Å². The molecule has 1 aliphatic rings. The zero-order chi connectivity index (χ0) is 32.7. The SMILES string of the molecule is CC1(C)c2ccccc2-c2ccc(N(c3ccccc3)c3ccc(-c4cc5oc6ccccc6c5c5c4ccc4ccccc45)cc3)cc21. The fourth-order valence-electron chi connectivity index (χ4n) is 8.28. The van der Waals surface area contributed by atoms with E-state index in [4.69, 9.17) is 4.42 Å². The van der Waals surface area contributed by atoms with E-state index in [2.05, 4.69) is 176 Å². The van der Waals surface area contributed by atoms with Gasteiger partial charge in [0.1, 0.15) is 11.2 Å². The molecule has 0 unspecified atom stereocenters. The molecule has 0 saturated carbocycles. The number of furan rings is 1. The number of anilines is 3. The van der Waals surface area contributed by atoms with Crippen LogP contribution in [0.5, 0.6) is 0 Å². The standard InChI is InChI=1S/C47H33NO/c1-47(2)41-18-10-8-16-36(41)37-27-25-34(28-42(37)47)48(32-13-4-3-5-14-32)33-23-20-31(21-24-33)40-29-44-46(39-17-9-11-19-43(39)49-44)45-35-15-7-6-12-30(35)22-26-38(40)45/h3-29H,1-2H3. The van der Waals surface area contributed by atoms with E-state index in [1.807, 2.05) is 6.07 Å².